The van der Waals surface area contributed by atoms with E-state index >= 15 is 0 Å². The van der Waals surface area contributed by atoms with E-state index in [1.165, 1.54) is 17.2 Å². The Morgan fingerprint density at radius 3 is 2.92 bits per heavy atom. The Bertz CT molecular complexity index is 1240. The van der Waals surface area contributed by atoms with E-state index in [0.29, 0.717) is 56.6 Å². The molecule has 2 N–H and O–H groups in total. The van der Waals surface area contributed by atoms with Crippen LogP contribution in [0, 0.1) is 23.2 Å². The molecule has 2 aromatic rings. The molecule has 11 heteroatoms. The van der Waals surface area contributed by atoms with Gasteiger partial charge in [-0.15, -0.1) is 0 Å². The van der Waals surface area contributed by atoms with Gasteiger partial charge in [0.15, 0.2) is 6.29 Å². The summed E-state index contributed by atoms with van der Waals surface area (Å²) in [6.07, 6.45) is 3.54. The Kier molecular flexibility index (Phi) is 7.98. The van der Waals surface area contributed by atoms with Crippen LogP contribution in [0.5, 0.6) is 5.75 Å². The number of carbonyl (C=O) groups excluding carboxylic acids is 3. The summed E-state index contributed by atoms with van der Waals surface area (Å²) in [5, 5.41) is 15.0. The molecule has 4 rings (SSSR count). The van der Waals surface area contributed by atoms with Crippen LogP contribution < -0.4 is 20.3 Å². The van der Waals surface area contributed by atoms with Crippen LogP contribution in [0.4, 0.5) is 16.4 Å². The number of aromatic nitrogens is 2. The second-order valence-corrected chi connectivity index (χ2v) is 9.41. The van der Waals surface area contributed by atoms with Gasteiger partial charge >= 0.3 is 6.03 Å². The van der Waals surface area contributed by atoms with Crippen molar-refractivity contribution in [3.05, 3.63) is 40.7 Å². The van der Waals surface area contributed by atoms with Crippen LogP contribution in [-0.2, 0) is 22.4 Å². The Morgan fingerprint density at radius 1 is 1.43 bits per heavy atom. The quantitative estimate of drug-likeness (QED) is 0.519. The van der Waals surface area contributed by atoms with E-state index in [1.54, 1.807) is 14.0 Å². The maximum absolute atomic E-state index is 13.2. The van der Waals surface area contributed by atoms with Crippen LogP contribution in [0.15, 0.2) is 18.3 Å². The molecule has 2 aliphatic rings. The van der Waals surface area contributed by atoms with Crippen molar-refractivity contribution in [3.8, 4) is 11.8 Å². The van der Waals surface area contributed by atoms with Crippen LogP contribution in [0.25, 0.3) is 0 Å². The fraction of sp³-hybridized carbons (Fsp3) is 0.462. The molecule has 3 amide bonds. The van der Waals surface area contributed by atoms with Gasteiger partial charge in [0.1, 0.15) is 40.8 Å². The molecule has 194 valence electrons. The van der Waals surface area contributed by atoms with Crippen LogP contribution in [0.3, 0.4) is 0 Å². The second kappa shape index (κ2) is 11.3. The van der Waals surface area contributed by atoms with Gasteiger partial charge < -0.3 is 14.8 Å². The lowest BCUT2D eigenvalue weighted by atomic mass is 9.89. The molecule has 0 radical (unpaired) electrons. The third-order valence-corrected chi connectivity index (χ3v) is 6.64. The van der Waals surface area contributed by atoms with Crippen molar-refractivity contribution >= 4 is 29.9 Å². The molecule has 37 heavy (non-hydrogen) atoms. The first-order valence-corrected chi connectivity index (χ1v) is 12.2. The largest absolute Gasteiger partial charge is 0.487 e. The summed E-state index contributed by atoms with van der Waals surface area (Å²) in [5.41, 5.74) is 2.02. The lowest BCUT2D eigenvalue weighted by Gasteiger charge is -2.29. The molecule has 1 fully saturated rings. The summed E-state index contributed by atoms with van der Waals surface area (Å²) in [5.74, 6) is 0.843. The number of carbonyl (C=O) groups is 3. The van der Waals surface area contributed by atoms with Crippen LogP contribution in [0.1, 0.15) is 47.4 Å². The molecule has 0 aliphatic carbocycles. The maximum atomic E-state index is 13.2. The van der Waals surface area contributed by atoms with Gasteiger partial charge in [-0.2, -0.15) is 5.26 Å². The van der Waals surface area contributed by atoms with E-state index in [4.69, 9.17) is 9.47 Å². The minimum Gasteiger partial charge on any atom is -0.487 e. The topological polar surface area (TPSA) is 147 Å². The van der Waals surface area contributed by atoms with E-state index < -0.39 is 6.03 Å². The number of fused-ring (bicyclic) bond motifs is 1. The van der Waals surface area contributed by atoms with Gasteiger partial charge in [-0.05, 0) is 49.3 Å². The number of hydrogen-bond acceptors (Lipinski definition) is 8. The highest BCUT2D eigenvalue weighted by Gasteiger charge is 2.33. The average molecular weight is 507 g/mol. The average Bonchev–Trinajstić information content (AvgIpc) is 3.20. The van der Waals surface area contributed by atoms with Crippen molar-refractivity contribution in [1.82, 2.24) is 15.3 Å². The highest BCUT2D eigenvalue weighted by Crippen LogP contribution is 2.31. The van der Waals surface area contributed by atoms with Crippen molar-refractivity contribution < 1.29 is 23.9 Å². The van der Waals surface area contributed by atoms with E-state index in [-0.39, 0.29) is 46.7 Å². The lowest BCUT2D eigenvalue weighted by Crippen LogP contribution is -2.40. The Morgan fingerprint density at radius 2 is 2.24 bits per heavy atom. The predicted octanol–water partition coefficient (Wildman–Crippen LogP) is 2.48. The Hall–Kier alpha value is -4.04. The third kappa shape index (κ3) is 5.70. The monoisotopic (exact) mass is 506 g/mol. The summed E-state index contributed by atoms with van der Waals surface area (Å²) >= 11 is 0. The van der Waals surface area contributed by atoms with E-state index in [2.05, 4.69) is 20.6 Å². The van der Waals surface area contributed by atoms with Gasteiger partial charge in [-0.3, -0.25) is 19.8 Å². The summed E-state index contributed by atoms with van der Waals surface area (Å²) in [6, 6.07) is 4.96. The number of pyridine rings is 2. The number of aldehydes is 1. The molecule has 2 aliphatic heterocycles. The molecular weight excluding hydrogens is 476 g/mol. The van der Waals surface area contributed by atoms with Crippen LogP contribution in [-0.4, -0.2) is 61.1 Å². The molecule has 0 saturated carbocycles. The standard InChI is InChI=1S/C26H30N6O5/c1-15-11-29-25(34)20(15)8-18-7-17-5-4-6-32(24(17)30-21(18)13-33)26(35)31-23-9-22(19(10-27)12-28-23)37-16(2)14-36-3/h7,9,12-13,15-16,20H,4-6,8,11,14H2,1-3H3,(H,29,34)(H,28,31,35). The van der Waals surface area contributed by atoms with Gasteiger partial charge in [0.25, 0.3) is 0 Å². The minimum absolute atomic E-state index is 0.0158. The number of amides is 3. The third-order valence-electron chi connectivity index (χ3n) is 6.64. The zero-order valence-electron chi connectivity index (χ0n) is 21.1. The van der Waals surface area contributed by atoms with Gasteiger partial charge in [-0.25, -0.2) is 14.8 Å². The number of nitrogens with one attached hydrogen (secondary N) is 2. The van der Waals surface area contributed by atoms with E-state index in [9.17, 15) is 19.6 Å². The number of methoxy groups -OCH3 is 1. The van der Waals surface area contributed by atoms with Gasteiger partial charge in [0.05, 0.1) is 12.8 Å². The molecule has 3 unspecified atom stereocenters. The zero-order chi connectivity index (χ0) is 26.5. The SMILES string of the molecule is COCC(C)Oc1cc(NC(=O)N2CCCc3cc(CC4C(=O)NCC4C)c(C=O)nc32)ncc1C#N. The van der Waals surface area contributed by atoms with Crippen molar-refractivity contribution in [2.45, 2.75) is 39.2 Å². The van der Waals surface area contributed by atoms with Crippen molar-refractivity contribution in [1.29, 1.82) is 5.26 Å². The molecule has 0 spiro atoms. The first-order chi connectivity index (χ1) is 17.8. The van der Waals surface area contributed by atoms with Gasteiger partial charge in [0.2, 0.25) is 5.91 Å². The summed E-state index contributed by atoms with van der Waals surface area (Å²) < 4.78 is 10.9. The highest BCUT2D eigenvalue weighted by atomic mass is 16.5. The first kappa shape index (κ1) is 26.0. The number of nitriles is 1. The molecule has 3 atom stereocenters. The molecule has 1 saturated heterocycles. The maximum Gasteiger partial charge on any atom is 0.328 e. The molecule has 11 nitrogen and oxygen atoms in total. The minimum atomic E-state index is -0.463. The van der Waals surface area contributed by atoms with Gasteiger partial charge in [-0.1, -0.05) is 6.92 Å². The molecule has 0 aromatic carbocycles. The van der Waals surface area contributed by atoms with Crippen LogP contribution >= 0.6 is 0 Å². The van der Waals surface area contributed by atoms with E-state index in [1.807, 2.05) is 19.1 Å². The second-order valence-electron chi connectivity index (χ2n) is 9.41. The molecule has 0 bridgehead atoms. The number of aryl methyl sites for hydroxylation is 1. The number of rotatable bonds is 8. The van der Waals surface area contributed by atoms with Crippen molar-refractivity contribution in [2.75, 3.05) is 37.0 Å². The zero-order valence-corrected chi connectivity index (χ0v) is 21.1. The number of nitrogens with zero attached hydrogens (tertiary/aromatic N) is 4. The number of hydrogen-bond donors (Lipinski definition) is 2. The number of anilines is 2. The molecular formula is C26H30N6O5. The Labute approximate surface area is 215 Å². The fourth-order valence-electron chi connectivity index (χ4n) is 4.69. The summed E-state index contributed by atoms with van der Waals surface area (Å²) in [6.45, 7) is 5.17. The fourth-order valence-corrected chi connectivity index (χ4v) is 4.69. The summed E-state index contributed by atoms with van der Waals surface area (Å²) in [7, 11) is 1.55. The van der Waals surface area contributed by atoms with E-state index in [0.717, 1.165) is 5.56 Å². The smallest absolute Gasteiger partial charge is 0.328 e. The lowest BCUT2D eigenvalue weighted by molar-refractivity contribution is -0.122. The summed E-state index contributed by atoms with van der Waals surface area (Å²) in [4.78, 5) is 47.6. The predicted molar refractivity (Wildman–Crippen MR) is 135 cm³/mol. The first-order valence-electron chi connectivity index (χ1n) is 12.2. The normalized spacial score (nSPS) is 19.4. The molecule has 4 heterocycles. The number of urea groups is 1. The number of ether oxygens (including phenoxy) is 2. The van der Waals surface area contributed by atoms with Crippen LogP contribution in [0.2, 0.25) is 0 Å². The van der Waals surface area contributed by atoms with Crippen molar-refractivity contribution in [2.24, 2.45) is 11.8 Å². The van der Waals surface area contributed by atoms with Crippen molar-refractivity contribution in [3.63, 3.8) is 0 Å². The molecule has 2 aromatic heterocycles. The highest BCUT2D eigenvalue weighted by molar-refractivity contribution is 6.01. The van der Waals surface area contributed by atoms with Gasteiger partial charge in [0, 0.05) is 32.2 Å². The Balaban J connectivity index is 1.56.